The average molecular weight is 340 g/mol. The second-order valence-corrected chi connectivity index (χ2v) is 6.18. The summed E-state index contributed by atoms with van der Waals surface area (Å²) in [5.41, 5.74) is 1.97. The second kappa shape index (κ2) is 8.87. The van der Waals surface area contributed by atoms with Gasteiger partial charge in [-0.25, -0.2) is 0 Å². The molecule has 2 amide bonds. The van der Waals surface area contributed by atoms with E-state index in [1.54, 1.807) is 29.2 Å². The third-order valence-corrected chi connectivity index (χ3v) is 3.91. The van der Waals surface area contributed by atoms with Crippen LogP contribution in [-0.2, 0) is 22.6 Å². The minimum atomic E-state index is -0.594. The first-order valence-corrected chi connectivity index (χ1v) is 8.38. The lowest BCUT2D eigenvalue weighted by molar-refractivity contribution is -0.147. The Morgan fingerprint density at radius 2 is 1.64 bits per heavy atom. The summed E-state index contributed by atoms with van der Waals surface area (Å²) < 4.78 is 0. The molecule has 2 rings (SSSR count). The zero-order valence-electron chi connectivity index (χ0n) is 14.6. The van der Waals surface area contributed by atoms with E-state index in [1.807, 2.05) is 44.2 Å². The van der Waals surface area contributed by atoms with E-state index in [0.29, 0.717) is 19.5 Å². The van der Waals surface area contributed by atoms with Crippen molar-refractivity contribution in [1.82, 2.24) is 10.2 Å². The number of carbonyl (C=O) groups is 2. The molecule has 0 unspecified atom stereocenters. The molecule has 2 N–H and O–H groups in total. The minimum absolute atomic E-state index is 0.0736. The van der Waals surface area contributed by atoms with Gasteiger partial charge in [-0.15, -0.1) is 0 Å². The molecule has 2 aromatic carbocycles. The van der Waals surface area contributed by atoms with Crippen LogP contribution in [0.1, 0.15) is 25.0 Å². The van der Waals surface area contributed by atoms with E-state index in [1.165, 1.54) is 0 Å². The Balaban J connectivity index is 1.89. The van der Waals surface area contributed by atoms with Gasteiger partial charge in [-0.2, -0.15) is 0 Å². The molecule has 0 saturated carbocycles. The van der Waals surface area contributed by atoms with E-state index in [-0.39, 0.29) is 11.8 Å². The van der Waals surface area contributed by atoms with Crippen LogP contribution in [0.25, 0.3) is 0 Å². The number of hydrogen-bond donors (Lipinski definition) is 2. The van der Waals surface area contributed by atoms with Crippen molar-refractivity contribution in [2.45, 2.75) is 32.9 Å². The Bertz CT molecular complexity index is 697. The highest BCUT2D eigenvalue weighted by Gasteiger charge is 2.23. The number of amides is 2. The predicted octanol–water partition coefficient (Wildman–Crippen LogP) is 2.49. The lowest BCUT2D eigenvalue weighted by atomic mass is 10.1. The van der Waals surface area contributed by atoms with Crippen molar-refractivity contribution in [2.24, 2.45) is 0 Å². The maximum absolute atomic E-state index is 12.5. The SMILES string of the molecule is CC(C)N(Cc1ccccc1)C(=O)C(=O)NCCc1ccc(O)cc1. The first-order chi connectivity index (χ1) is 12.0. The normalized spacial score (nSPS) is 10.5. The van der Waals surface area contributed by atoms with Crippen molar-refractivity contribution in [3.8, 4) is 5.75 Å². The fraction of sp³-hybridized carbons (Fsp3) is 0.300. The van der Waals surface area contributed by atoms with Gasteiger partial charge >= 0.3 is 11.8 Å². The van der Waals surface area contributed by atoms with Crippen LogP contribution < -0.4 is 5.32 Å². The molecule has 132 valence electrons. The maximum Gasteiger partial charge on any atom is 0.312 e. The lowest BCUT2D eigenvalue weighted by Gasteiger charge is -2.26. The largest absolute Gasteiger partial charge is 0.508 e. The van der Waals surface area contributed by atoms with Gasteiger partial charge in [0.05, 0.1) is 0 Å². The van der Waals surface area contributed by atoms with Gasteiger partial charge in [-0.3, -0.25) is 9.59 Å². The van der Waals surface area contributed by atoms with Crippen LogP contribution in [0, 0.1) is 0 Å². The second-order valence-electron chi connectivity index (χ2n) is 6.18. The van der Waals surface area contributed by atoms with Crippen LogP contribution in [0.15, 0.2) is 54.6 Å². The summed E-state index contributed by atoms with van der Waals surface area (Å²) >= 11 is 0. The highest BCUT2D eigenvalue weighted by molar-refractivity contribution is 6.35. The van der Waals surface area contributed by atoms with Gasteiger partial charge in [-0.1, -0.05) is 42.5 Å². The van der Waals surface area contributed by atoms with Gasteiger partial charge in [0.1, 0.15) is 5.75 Å². The Hall–Kier alpha value is -2.82. The van der Waals surface area contributed by atoms with Crippen LogP contribution in [-0.4, -0.2) is 34.4 Å². The summed E-state index contributed by atoms with van der Waals surface area (Å²) in [4.78, 5) is 26.2. The van der Waals surface area contributed by atoms with Gasteiger partial charge in [0.25, 0.3) is 0 Å². The molecule has 0 radical (unpaired) electrons. The van der Waals surface area contributed by atoms with Crippen molar-refractivity contribution in [3.05, 3.63) is 65.7 Å². The summed E-state index contributed by atoms with van der Waals surface area (Å²) in [6, 6.07) is 16.3. The number of hydrogen-bond acceptors (Lipinski definition) is 3. The molecule has 25 heavy (non-hydrogen) atoms. The first-order valence-electron chi connectivity index (χ1n) is 8.38. The van der Waals surface area contributed by atoms with Gasteiger partial charge in [0, 0.05) is 19.1 Å². The molecule has 0 fully saturated rings. The Kier molecular flexibility index (Phi) is 6.57. The maximum atomic E-state index is 12.5. The summed E-state index contributed by atoms with van der Waals surface area (Å²) in [6.45, 7) is 4.56. The molecule has 0 atom stereocenters. The molecule has 5 nitrogen and oxygen atoms in total. The van der Waals surface area contributed by atoms with Crippen LogP contribution in [0.4, 0.5) is 0 Å². The summed E-state index contributed by atoms with van der Waals surface area (Å²) in [7, 11) is 0. The number of carbonyl (C=O) groups excluding carboxylic acids is 2. The molecule has 0 aliphatic heterocycles. The molecule has 0 aromatic heterocycles. The van der Waals surface area contributed by atoms with Gasteiger partial charge in [0.15, 0.2) is 0 Å². The first kappa shape index (κ1) is 18.5. The highest BCUT2D eigenvalue weighted by atomic mass is 16.3. The molecule has 0 aliphatic carbocycles. The fourth-order valence-electron chi connectivity index (χ4n) is 2.46. The number of phenols is 1. The van der Waals surface area contributed by atoms with Crippen molar-refractivity contribution in [3.63, 3.8) is 0 Å². The third kappa shape index (κ3) is 5.64. The van der Waals surface area contributed by atoms with Gasteiger partial charge < -0.3 is 15.3 Å². The number of phenolic OH excluding ortho intramolecular Hbond substituents is 1. The zero-order chi connectivity index (χ0) is 18.2. The molecule has 5 heteroatoms. The topological polar surface area (TPSA) is 69.6 Å². The van der Waals surface area contributed by atoms with Gasteiger partial charge in [-0.05, 0) is 43.5 Å². The van der Waals surface area contributed by atoms with Crippen LogP contribution in [0.2, 0.25) is 0 Å². The van der Waals surface area contributed by atoms with E-state index in [4.69, 9.17) is 0 Å². The number of nitrogens with zero attached hydrogens (tertiary/aromatic N) is 1. The highest BCUT2D eigenvalue weighted by Crippen LogP contribution is 2.10. The van der Waals surface area contributed by atoms with Crippen LogP contribution >= 0.6 is 0 Å². The molecular weight excluding hydrogens is 316 g/mol. The minimum Gasteiger partial charge on any atom is -0.508 e. The van der Waals surface area contributed by atoms with Crippen molar-refractivity contribution in [1.29, 1.82) is 0 Å². The number of nitrogens with one attached hydrogen (secondary N) is 1. The molecular formula is C20H24N2O3. The predicted molar refractivity (Wildman–Crippen MR) is 96.9 cm³/mol. The smallest absolute Gasteiger partial charge is 0.312 e. The number of rotatable bonds is 6. The van der Waals surface area contributed by atoms with Crippen molar-refractivity contribution >= 4 is 11.8 Å². The van der Waals surface area contributed by atoms with E-state index >= 15 is 0 Å². The molecule has 0 spiro atoms. The Morgan fingerprint density at radius 1 is 1.00 bits per heavy atom. The van der Waals surface area contributed by atoms with E-state index in [2.05, 4.69) is 5.32 Å². The lowest BCUT2D eigenvalue weighted by Crippen LogP contribution is -2.46. The monoisotopic (exact) mass is 340 g/mol. The Morgan fingerprint density at radius 3 is 2.24 bits per heavy atom. The van der Waals surface area contributed by atoms with Crippen molar-refractivity contribution in [2.75, 3.05) is 6.54 Å². The Labute approximate surface area is 148 Å². The van der Waals surface area contributed by atoms with Crippen molar-refractivity contribution < 1.29 is 14.7 Å². The zero-order valence-corrected chi connectivity index (χ0v) is 14.6. The standard InChI is InChI=1S/C20H24N2O3/c1-15(2)22(14-17-6-4-3-5-7-17)20(25)19(24)21-13-12-16-8-10-18(23)11-9-16/h3-11,15,23H,12-14H2,1-2H3,(H,21,24). The summed E-state index contributed by atoms with van der Waals surface area (Å²) in [5, 5.41) is 11.9. The van der Waals surface area contributed by atoms with Gasteiger partial charge in [0.2, 0.25) is 0 Å². The number of aromatic hydroxyl groups is 1. The average Bonchev–Trinajstić information content (AvgIpc) is 2.61. The molecule has 0 aliphatic rings. The summed E-state index contributed by atoms with van der Waals surface area (Å²) in [6.07, 6.45) is 0.597. The number of benzene rings is 2. The fourth-order valence-corrected chi connectivity index (χ4v) is 2.46. The molecule has 0 heterocycles. The van der Waals surface area contributed by atoms with E-state index < -0.39 is 11.8 Å². The third-order valence-electron chi connectivity index (χ3n) is 3.91. The van der Waals surface area contributed by atoms with E-state index in [9.17, 15) is 14.7 Å². The molecule has 0 bridgehead atoms. The molecule has 2 aromatic rings. The molecule has 0 saturated heterocycles. The quantitative estimate of drug-likeness (QED) is 0.794. The van der Waals surface area contributed by atoms with Crippen LogP contribution in [0.5, 0.6) is 5.75 Å². The van der Waals surface area contributed by atoms with E-state index in [0.717, 1.165) is 11.1 Å². The van der Waals surface area contributed by atoms with Crippen LogP contribution in [0.3, 0.4) is 0 Å². The summed E-state index contributed by atoms with van der Waals surface area (Å²) in [5.74, 6) is -0.913.